The van der Waals surface area contributed by atoms with Crippen LogP contribution in [-0.4, -0.2) is 42.7 Å². The molecule has 0 aromatic rings. The van der Waals surface area contributed by atoms with Crippen LogP contribution in [0.1, 0.15) is 12.8 Å². The molecular weight excluding hydrogens is 247 g/mol. The van der Waals surface area contributed by atoms with Gasteiger partial charge in [0.05, 0.1) is 17.9 Å². The summed E-state index contributed by atoms with van der Waals surface area (Å²) >= 11 is 0. The molecular formula is C11H14F3N3O. The van der Waals surface area contributed by atoms with E-state index in [1.807, 2.05) is 6.07 Å². The van der Waals surface area contributed by atoms with E-state index in [4.69, 9.17) is 5.26 Å². The van der Waals surface area contributed by atoms with Gasteiger partial charge in [-0.1, -0.05) is 0 Å². The molecule has 1 heterocycles. The van der Waals surface area contributed by atoms with Crippen molar-refractivity contribution in [1.82, 2.24) is 10.2 Å². The monoisotopic (exact) mass is 261 g/mol. The number of halogens is 3. The molecule has 0 spiro atoms. The Kier molecular flexibility index (Phi) is 3.01. The van der Waals surface area contributed by atoms with Crippen LogP contribution in [0.2, 0.25) is 0 Å². The van der Waals surface area contributed by atoms with Gasteiger partial charge in [0.25, 0.3) is 0 Å². The van der Waals surface area contributed by atoms with Crippen molar-refractivity contribution in [2.45, 2.75) is 24.6 Å². The molecule has 1 amide bonds. The summed E-state index contributed by atoms with van der Waals surface area (Å²) in [6.07, 6.45) is -3.33. The van der Waals surface area contributed by atoms with E-state index in [2.05, 4.69) is 5.32 Å². The van der Waals surface area contributed by atoms with Crippen molar-refractivity contribution in [3.63, 3.8) is 0 Å². The van der Waals surface area contributed by atoms with Crippen LogP contribution < -0.4 is 5.32 Å². The van der Waals surface area contributed by atoms with Gasteiger partial charge in [-0.2, -0.15) is 18.4 Å². The molecule has 2 rings (SSSR count). The van der Waals surface area contributed by atoms with Crippen molar-refractivity contribution < 1.29 is 18.0 Å². The van der Waals surface area contributed by atoms with Crippen molar-refractivity contribution in [1.29, 1.82) is 5.26 Å². The predicted molar refractivity (Wildman–Crippen MR) is 56.3 cm³/mol. The highest BCUT2D eigenvalue weighted by atomic mass is 19.4. The first kappa shape index (κ1) is 13.1. The van der Waals surface area contributed by atoms with Gasteiger partial charge in [-0.15, -0.1) is 0 Å². The molecule has 2 aliphatic rings. The summed E-state index contributed by atoms with van der Waals surface area (Å²) in [6, 6.07) is 1.94. The number of nitrogens with one attached hydrogen (secondary N) is 1. The topological polar surface area (TPSA) is 56.1 Å². The maximum atomic E-state index is 12.8. The maximum Gasteiger partial charge on any atom is 0.393 e. The summed E-state index contributed by atoms with van der Waals surface area (Å²) in [5, 5.41) is 11.3. The minimum absolute atomic E-state index is 0.0809. The number of amides is 1. The third kappa shape index (κ3) is 2.43. The van der Waals surface area contributed by atoms with Crippen LogP contribution in [0.4, 0.5) is 13.2 Å². The zero-order chi connectivity index (χ0) is 13.6. The number of rotatable bonds is 2. The van der Waals surface area contributed by atoms with Crippen molar-refractivity contribution >= 4 is 5.91 Å². The van der Waals surface area contributed by atoms with Crippen molar-refractivity contribution in [3.05, 3.63) is 0 Å². The number of hydrogen-bond acceptors (Lipinski definition) is 3. The quantitative estimate of drug-likeness (QED) is 0.803. The van der Waals surface area contributed by atoms with E-state index in [1.54, 1.807) is 7.05 Å². The zero-order valence-electron chi connectivity index (χ0n) is 9.92. The Morgan fingerprint density at radius 1 is 1.44 bits per heavy atom. The Hall–Kier alpha value is -1.29. The van der Waals surface area contributed by atoms with Crippen LogP contribution in [0.15, 0.2) is 0 Å². The molecule has 0 unspecified atom stereocenters. The third-order valence-electron chi connectivity index (χ3n) is 3.59. The smallest absolute Gasteiger partial charge is 0.338 e. The van der Waals surface area contributed by atoms with Gasteiger partial charge < -0.3 is 10.2 Å². The fourth-order valence-electron chi connectivity index (χ4n) is 2.32. The van der Waals surface area contributed by atoms with Gasteiger partial charge in [-0.25, -0.2) is 0 Å². The maximum absolute atomic E-state index is 12.8. The standard InChI is InChI=1S/C11H14F3N3O/c1-17-4-7(8(5-17)11(12,13)14)9(18)16-10(6-15)2-3-10/h7-8H,2-5H2,1H3,(H,16,18)/t7-,8-/m1/s1. The highest BCUT2D eigenvalue weighted by Crippen LogP contribution is 2.39. The minimum Gasteiger partial charge on any atom is -0.338 e. The second-order valence-corrected chi connectivity index (χ2v) is 5.16. The molecule has 0 radical (unpaired) electrons. The van der Waals surface area contributed by atoms with Gasteiger partial charge in [0.2, 0.25) is 5.91 Å². The Balaban J connectivity index is 2.07. The molecule has 0 aromatic heterocycles. The lowest BCUT2D eigenvalue weighted by Crippen LogP contribution is -2.44. The highest BCUT2D eigenvalue weighted by Gasteiger charge is 2.54. The number of carbonyl (C=O) groups is 1. The van der Waals surface area contributed by atoms with Crippen molar-refractivity contribution in [3.8, 4) is 6.07 Å². The Morgan fingerprint density at radius 3 is 2.50 bits per heavy atom. The average Bonchev–Trinajstić information content (AvgIpc) is 2.91. The molecule has 1 saturated carbocycles. The van der Waals surface area contributed by atoms with E-state index in [9.17, 15) is 18.0 Å². The van der Waals surface area contributed by atoms with Crippen LogP contribution in [0.25, 0.3) is 0 Å². The van der Waals surface area contributed by atoms with E-state index in [-0.39, 0.29) is 13.1 Å². The van der Waals surface area contributed by atoms with Gasteiger partial charge in [-0.3, -0.25) is 4.79 Å². The molecule has 4 nitrogen and oxygen atoms in total. The summed E-state index contributed by atoms with van der Waals surface area (Å²) in [4.78, 5) is 13.4. The molecule has 1 N–H and O–H groups in total. The Bertz CT molecular complexity index is 397. The Labute approximate surface area is 103 Å². The van der Waals surface area contributed by atoms with Gasteiger partial charge in [0.15, 0.2) is 0 Å². The summed E-state index contributed by atoms with van der Waals surface area (Å²) in [5.41, 5.74) is -0.908. The second kappa shape index (κ2) is 4.12. The number of likely N-dealkylation sites (tertiary alicyclic amines) is 1. The van der Waals surface area contributed by atoms with Gasteiger partial charge in [0, 0.05) is 13.1 Å². The first-order chi connectivity index (χ1) is 8.27. The SMILES string of the molecule is CN1C[C@@H](C(F)(F)F)[C@H](C(=O)NC2(C#N)CC2)C1. The average molecular weight is 261 g/mol. The van der Waals surface area contributed by atoms with Crippen molar-refractivity contribution in [2.75, 3.05) is 20.1 Å². The molecule has 100 valence electrons. The van der Waals surface area contributed by atoms with E-state index >= 15 is 0 Å². The molecule has 2 fully saturated rings. The lowest BCUT2D eigenvalue weighted by Gasteiger charge is -2.21. The molecule has 7 heteroatoms. The highest BCUT2D eigenvalue weighted by molar-refractivity contribution is 5.81. The molecule has 1 aliphatic carbocycles. The summed E-state index contributed by atoms with van der Waals surface area (Å²) in [6.45, 7) is -0.0847. The molecule has 0 aromatic carbocycles. The first-order valence-electron chi connectivity index (χ1n) is 5.76. The van der Waals surface area contributed by atoms with Gasteiger partial charge in [0.1, 0.15) is 5.54 Å². The molecule has 2 atom stereocenters. The summed E-state index contributed by atoms with van der Waals surface area (Å²) in [5.74, 6) is -3.40. The van der Waals surface area contributed by atoms with Crippen LogP contribution in [0.3, 0.4) is 0 Å². The second-order valence-electron chi connectivity index (χ2n) is 5.16. The lowest BCUT2D eigenvalue weighted by molar-refractivity contribution is -0.183. The van der Waals surface area contributed by atoms with E-state index < -0.39 is 29.5 Å². The minimum atomic E-state index is -4.38. The predicted octanol–water partition coefficient (Wildman–Crippen LogP) is 0.899. The third-order valence-corrected chi connectivity index (χ3v) is 3.59. The molecule has 0 bridgehead atoms. The summed E-state index contributed by atoms with van der Waals surface area (Å²) in [7, 11) is 1.56. The lowest BCUT2D eigenvalue weighted by atomic mass is 9.94. The number of carbonyl (C=O) groups excluding carboxylic acids is 1. The van der Waals surface area contributed by atoms with E-state index in [1.165, 1.54) is 4.90 Å². The zero-order valence-corrected chi connectivity index (χ0v) is 9.92. The van der Waals surface area contributed by atoms with Crippen LogP contribution >= 0.6 is 0 Å². The number of nitrogens with zero attached hydrogens (tertiary/aromatic N) is 2. The van der Waals surface area contributed by atoms with Crippen LogP contribution in [0.5, 0.6) is 0 Å². The van der Waals surface area contributed by atoms with Crippen LogP contribution in [0, 0.1) is 23.2 Å². The fourth-order valence-corrected chi connectivity index (χ4v) is 2.32. The van der Waals surface area contributed by atoms with Crippen LogP contribution in [-0.2, 0) is 4.79 Å². The number of nitriles is 1. The van der Waals surface area contributed by atoms with Crippen molar-refractivity contribution in [2.24, 2.45) is 11.8 Å². The van der Waals surface area contributed by atoms with Gasteiger partial charge >= 0.3 is 6.18 Å². The molecule has 1 saturated heterocycles. The largest absolute Gasteiger partial charge is 0.393 e. The molecule has 1 aliphatic heterocycles. The summed E-state index contributed by atoms with van der Waals surface area (Å²) < 4.78 is 38.4. The van der Waals surface area contributed by atoms with Gasteiger partial charge in [-0.05, 0) is 19.9 Å². The van der Waals surface area contributed by atoms with E-state index in [0.717, 1.165) is 0 Å². The Morgan fingerprint density at radius 2 is 2.06 bits per heavy atom. The fraction of sp³-hybridized carbons (Fsp3) is 0.818. The van der Waals surface area contributed by atoms with E-state index in [0.29, 0.717) is 12.8 Å². The number of hydrogen-bond donors (Lipinski definition) is 1. The first-order valence-corrected chi connectivity index (χ1v) is 5.76. The number of alkyl halides is 3. The normalized spacial score (nSPS) is 30.8. The molecule has 18 heavy (non-hydrogen) atoms.